The molecule has 0 atom stereocenters. The summed E-state index contributed by atoms with van der Waals surface area (Å²) < 4.78 is 1.57. The SMILES string of the molecule is Cc1c(C)c(Cl)c(C)c(-c2cnn(C)c2N)c1O. The van der Waals surface area contributed by atoms with Crippen molar-refractivity contribution in [3.8, 4) is 16.9 Å². The van der Waals surface area contributed by atoms with Gasteiger partial charge in [-0.3, -0.25) is 4.68 Å². The summed E-state index contributed by atoms with van der Waals surface area (Å²) in [4.78, 5) is 0. The molecule has 1 aromatic heterocycles. The quantitative estimate of drug-likeness (QED) is 0.833. The Morgan fingerprint density at radius 2 is 1.83 bits per heavy atom. The molecule has 0 spiro atoms. The van der Waals surface area contributed by atoms with Crippen LogP contribution >= 0.6 is 11.6 Å². The molecule has 5 heteroatoms. The van der Waals surface area contributed by atoms with Crippen LogP contribution in [0.1, 0.15) is 16.7 Å². The molecule has 0 bridgehead atoms. The van der Waals surface area contributed by atoms with Gasteiger partial charge in [0, 0.05) is 23.2 Å². The van der Waals surface area contributed by atoms with Crippen molar-refractivity contribution in [2.75, 3.05) is 5.73 Å². The maximum atomic E-state index is 10.3. The Bertz CT molecular complexity index is 603. The number of nitrogens with two attached hydrogens (primary N) is 1. The van der Waals surface area contributed by atoms with Crippen molar-refractivity contribution in [3.05, 3.63) is 27.9 Å². The third-order valence-electron chi connectivity index (χ3n) is 3.44. The maximum absolute atomic E-state index is 10.3. The molecule has 0 saturated carbocycles. The summed E-state index contributed by atoms with van der Waals surface area (Å²) in [6.07, 6.45) is 1.64. The van der Waals surface area contributed by atoms with Crippen molar-refractivity contribution in [1.82, 2.24) is 9.78 Å². The number of benzene rings is 1. The lowest BCUT2D eigenvalue weighted by Crippen LogP contribution is -1.99. The van der Waals surface area contributed by atoms with E-state index in [1.165, 1.54) is 0 Å². The first-order valence-electron chi connectivity index (χ1n) is 5.62. The third-order valence-corrected chi connectivity index (χ3v) is 4.01. The maximum Gasteiger partial charge on any atom is 0.129 e. The van der Waals surface area contributed by atoms with Gasteiger partial charge in [-0.25, -0.2) is 0 Å². The number of nitrogen functional groups attached to an aromatic ring is 1. The summed E-state index contributed by atoms with van der Waals surface area (Å²) in [6, 6.07) is 0. The molecule has 0 aliphatic heterocycles. The van der Waals surface area contributed by atoms with Crippen molar-refractivity contribution in [2.24, 2.45) is 7.05 Å². The Hall–Kier alpha value is -1.68. The van der Waals surface area contributed by atoms with Crippen LogP contribution in [0.2, 0.25) is 5.02 Å². The van der Waals surface area contributed by atoms with E-state index in [1.54, 1.807) is 17.9 Å². The second-order valence-corrected chi connectivity index (χ2v) is 4.86. The zero-order valence-corrected chi connectivity index (χ0v) is 11.6. The van der Waals surface area contributed by atoms with E-state index in [-0.39, 0.29) is 5.75 Å². The van der Waals surface area contributed by atoms with Crippen molar-refractivity contribution in [3.63, 3.8) is 0 Å². The van der Waals surface area contributed by atoms with Gasteiger partial charge in [0.25, 0.3) is 0 Å². The van der Waals surface area contributed by atoms with Crippen LogP contribution in [0.25, 0.3) is 11.1 Å². The summed E-state index contributed by atoms with van der Waals surface area (Å²) in [5, 5.41) is 15.1. The largest absolute Gasteiger partial charge is 0.507 e. The van der Waals surface area contributed by atoms with E-state index < -0.39 is 0 Å². The lowest BCUT2D eigenvalue weighted by atomic mass is 9.95. The minimum absolute atomic E-state index is 0.217. The summed E-state index contributed by atoms with van der Waals surface area (Å²) in [7, 11) is 1.76. The van der Waals surface area contributed by atoms with Crippen LogP contribution in [-0.2, 0) is 7.05 Å². The summed E-state index contributed by atoms with van der Waals surface area (Å²) in [5.41, 5.74) is 9.79. The molecule has 3 N–H and O–H groups in total. The number of hydrogen-bond acceptors (Lipinski definition) is 3. The Morgan fingerprint density at radius 1 is 1.22 bits per heavy atom. The van der Waals surface area contributed by atoms with Crippen LogP contribution in [0.3, 0.4) is 0 Å². The average molecular weight is 266 g/mol. The predicted molar refractivity (Wildman–Crippen MR) is 73.9 cm³/mol. The molecule has 1 heterocycles. The highest BCUT2D eigenvalue weighted by atomic mass is 35.5. The number of nitrogens with zero attached hydrogens (tertiary/aromatic N) is 2. The van der Waals surface area contributed by atoms with E-state index in [9.17, 15) is 5.11 Å². The smallest absolute Gasteiger partial charge is 0.129 e. The number of phenols is 1. The minimum atomic E-state index is 0.217. The van der Waals surface area contributed by atoms with Gasteiger partial charge in [-0.15, -0.1) is 0 Å². The van der Waals surface area contributed by atoms with Gasteiger partial charge in [-0.2, -0.15) is 5.10 Å². The molecule has 4 nitrogen and oxygen atoms in total. The molecule has 0 radical (unpaired) electrons. The van der Waals surface area contributed by atoms with Crippen LogP contribution in [0.4, 0.5) is 5.82 Å². The predicted octanol–water partition coefficient (Wildman–Crippen LogP) is 2.95. The van der Waals surface area contributed by atoms with E-state index in [0.717, 1.165) is 16.7 Å². The topological polar surface area (TPSA) is 64.1 Å². The molecule has 1 aromatic carbocycles. The molecule has 0 saturated heterocycles. The van der Waals surface area contributed by atoms with Gasteiger partial charge in [0.15, 0.2) is 0 Å². The lowest BCUT2D eigenvalue weighted by molar-refractivity contribution is 0.472. The lowest BCUT2D eigenvalue weighted by Gasteiger charge is -2.15. The number of anilines is 1. The summed E-state index contributed by atoms with van der Waals surface area (Å²) >= 11 is 6.29. The zero-order valence-electron chi connectivity index (χ0n) is 10.9. The third kappa shape index (κ3) is 1.64. The molecule has 96 valence electrons. The molecule has 0 amide bonds. The summed E-state index contributed by atoms with van der Waals surface area (Å²) in [5.74, 6) is 0.724. The van der Waals surface area contributed by atoms with E-state index in [2.05, 4.69) is 5.10 Å². The van der Waals surface area contributed by atoms with E-state index in [4.69, 9.17) is 17.3 Å². The number of hydrogen-bond donors (Lipinski definition) is 2. The normalized spacial score (nSPS) is 10.9. The van der Waals surface area contributed by atoms with Crippen LogP contribution in [0.15, 0.2) is 6.20 Å². The zero-order chi connectivity index (χ0) is 13.6. The van der Waals surface area contributed by atoms with Gasteiger partial charge in [0.1, 0.15) is 11.6 Å². The van der Waals surface area contributed by atoms with Gasteiger partial charge in [0.05, 0.1) is 6.20 Å². The Kier molecular flexibility index (Phi) is 2.99. The fourth-order valence-corrected chi connectivity index (χ4v) is 2.30. The van der Waals surface area contributed by atoms with Gasteiger partial charge in [-0.1, -0.05) is 11.6 Å². The number of halogens is 1. The monoisotopic (exact) mass is 265 g/mol. The van der Waals surface area contributed by atoms with Crippen molar-refractivity contribution in [1.29, 1.82) is 0 Å². The number of rotatable bonds is 1. The Labute approximate surface area is 111 Å². The molecule has 18 heavy (non-hydrogen) atoms. The molecule has 2 rings (SSSR count). The van der Waals surface area contributed by atoms with Crippen molar-refractivity contribution < 1.29 is 5.11 Å². The van der Waals surface area contributed by atoms with E-state index >= 15 is 0 Å². The van der Waals surface area contributed by atoms with E-state index in [1.807, 2.05) is 20.8 Å². The van der Waals surface area contributed by atoms with Gasteiger partial charge < -0.3 is 10.8 Å². The van der Waals surface area contributed by atoms with E-state index in [0.29, 0.717) is 22.0 Å². The fraction of sp³-hybridized carbons (Fsp3) is 0.308. The van der Waals surface area contributed by atoms with Crippen LogP contribution < -0.4 is 5.73 Å². The first-order chi connectivity index (χ1) is 8.36. The molecule has 0 fully saturated rings. The van der Waals surface area contributed by atoms with Gasteiger partial charge >= 0.3 is 0 Å². The van der Waals surface area contributed by atoms with Gasteiger partial charge in [0.2, 0.25) is 0 Å². The molecule has 2 aromatic rings. The average Bonchev–Trinajstić information content (AvgIpc) is 2.66. The molecule has 0 aliphatic carbocycles. The molecular formula is C13H16ClN3O. The van der Waals surface area contributed by atoms with Crippen LogP contribution in [0.5, 0.6) is 5.75 Å². The van der Waals surface area contributed by atoms with Gasteiger partial charge in [-0.05, 0) is 37.5 Å². The first-order valence-corrected chi connectivity index (χ1v) is 6.00. The Balaban J connectivity index is 2.84. The summed E-state index contributed by atoms with van der Waals surface area (Å²) in [6.45, 7) is 5.60. The number of aromatic nitrogens is 2. The Morgan fingerprint density at radius 3 is 2.33 bits per heavy atom. The van der Waals surface area contributed by atoms with Crippen molar-refractivity contribution >= 4 is 17.4 Å². The number of phenolic OH excluding ortho intramolecular Hbond substituents is 1. The highest BCUT2D eigenvalue weighted by Crippen LogP contribution is 2.42. The standard InChI is InChI=1S/C13H16ClN3O/c1-6-7(2)12(18)10(8(3)11(6)14)9-5-16-17(4)13(9)15/h5,18H,15H2,1-4H3. The van der Waals surface area contributed by atoms with Crippen LogP contribution in [0, 0.1) is 20.8 Å². The highest BCUT2D eigenvalue weighted by Gasteiger charge is 2.20. The minimum Gasteiger partial charge on any atom is -0.507 e. The fourth-order valence-electron chi connectivity index (χ4n) is 2.07. The second kappa shape index (κ2) is 4.21. The second-order valence-electron chi connectivity index (χ2n) is 4.48. The first kappa shape index (κ1) is 12.8. The number of aromatic hydroxyl groups is 1. The molecule has 0 aliphatic rings. The van der Waals surface area contributed by atoms with Crippen LogP contribution in [-0.4, -0.2) is 14.9 Å². The molecular weight excluding hydrogens is 250 g/mol. The molecule has 0 unspecified atom stereocenters. The highest BCUT2D eigenvalue weighted by molar-refractivity contribution is 6.32. The number of aryl methyl sites for hydroxylation is 1. The van der Waals surface area contributed by atoms with Crippen molar-refractivity contribution in [2.45, 2.75) is 20.8 Å².